The fourth-order valence-electron chi connectivity index (χ4n) is 7.89. The minimum Gasteiger partial charge on any atom is -0.462 e. The maximum absolute atomic E-state index is 12.3. The number of hydrogen-bond acceptors (Lipinski definition) is 5. The molecule has 416 valence electrons. The van der Waals surface area contributed by atoms with Crippen molar-refractivity contribution in [1.29, 1.82) is 0 Å². The van der Waals surface area contributed by atoms with Crippen LogP contribution >= 0.6 is 0 Å². The third-order valence-corrected chi connectivity index (χ3v) is 12.3. The maximum atomic E-state index is 12.3. The molecule has 0 fully saturated rings. The highest BCUT2D eigenvalue weighted by atomic mass is 16.6. The molecule has 0 aliphatic carbocycles. The SMILES string of the molecule is CC/C=C\C/C=C\C/C=C\C/C=C\C/C=C\C/C=C\C/C=C\C/C=C\CCCCCCCCCCCCC(=O)OC(CO)COC(=O)CCCCCCCCCCC/C=C\C/C=C\C/C=C\C/C=C\C/C=C\CC. The lowest BCUT2D eigenvalue weighted by molar-refractivity contribution is -0.161. The molecule has 0 aromatic carbocycles. The second-order valence-corrected chi connectivity index (χ2v) is 19.3. The van der Waals surface area contributed by atoms with Crippen molar-refractivity contribution < 1.29 is 24.2 Å². The van der Waals surface area contributed by atoms with Crippen LogP contribution in [-0.4, -0.2) is 36.4 Å². The first-order valence-corrected chi connectivity index (χ1v) is 30.0. The number of esters is 2. The van der Waals surface area contributed by atoms with Crippen molar-refractivity contribution in [1.82, 2.24) is 0 Å². The predicted octanol–water partition coefficient (Wildman–Crippen LogP) is 20.7. The molecule has 0 bridgehead atoms. The quantitative estimate of drug-likeness (QED) is 0.0373. The summed E-state index contributed by atoms with van der Waals surface area (Å²) in [5.41, 5.74) is 0. The summed E-state index contributed by atoms with van der Waals surface area (Å²) in [7, 11) is 0. The summed E-state index contributed by atoms with van der Waals surface area (Å²) in [5, 5.41) is 9.67. The number of rotatable bonds is 53. The van der Waals surface area contributed by atoms with Gasteiger partial charge >= 0.3 is 11.9 Å². The zero-order valence-electron chi connectivity index (χ0n) is 47.5. The Morgan fingerprint density at radius 2 is 0.541 bits per heavy atom. The molecule has 0 rings (SSSR count). The van der Waals surface area contributed by atoms with E-state index in [1.54, 1.807) is 0 Å². The Balaban J connectivity index is 3.58. The molecule has 74 heavy (non-hydrogen) atoms. The van der Waals surface area contributed by atoms with Crippen LogP contribution in [0.3, 0.4) is 0 Å². The third-order valence-electron chi connectivity index (χ3n) is 12.3. The lowest BCUT2D eigenvalue weighted by Crippen LogP contribution is -2.28. The highest BCUT2D eigenvalue weighted by Crippen LogP contribution is 2.15. The zero-order chi connectivity index (χ0) is 53.4. The van der Waals surface area contributed by atoms with Gasteiger partial charge in [0, 0.05) is 12.8 Å². The zero-order valence-corrected chi connectivity index (χ0v) is 47.5. The monoisotopic (exact) mass is 1020 g/mol. The number of allylic oxidation sites excluding steroid dienone is 26. The molecule has 0 saturated heterocycles. The fourth-order valence-corrected chi connectivity index (χ4v) is 7.89. The Morgan fingerprint density at radius 1 is 0.311 bits per heavy atom. The molecule has 0 spiro atoms. The summed E-state index contributed by atoms with van der Waals surface area (Å²) in [6.45, 7) is 3.90. The van der Waals surface area contributed by atoms with Crippen LogP contribution < -0.4 is 0 Å². The number of aliphatic hydroxyl groups excluding tert-OH is 1. The Morgan fingerprint density at radius 3 is 0.811 bits per heavy atom. The summed E-state index contributed by atoms with van der Waals surface area (Å²) in [6.07, 6.45) is 96.4. The predicted molar refractivity (Wildman–Crippen MR) is 324 cm³/mol. The van der Waals surface area contributed by atoms with Crippen molar-refractivity contribution in [2.24, 2.45) is 0 Å². The molecule has 0 amide bonds. The van der Waals surface area contributed by atoms with Gasteiger partial charge in [-0.25, -0.2) is 0 Å². The molecule has 0 aliphatic heterocycles. The van der Waals surface area contributed by atoms with Crippen LogP contribution in [0.5, 0.6) is 0 Å². The molecule has 0 radical (unpaired) electrons. The first-order valence-electron chi connectivity index (χ1n) is 30.0. The smallest absolute Gasteiger partial charge is 0.306 e. The third kappa shape index (κ3) is 60.1. The second kappa shape index (κ2) is 62.8. The van der Waals surface area contributed by atoms with Crippen LogP contribution in [0.25, 0.3) is 0 Å². The summed E-state index contributed by atoms with van der Waals surface area (Å²) in [4.78, 5) is 24.6. The van der Waals surface area contributed by atoms with E-state index < -0.39 is 6.10 Å². The molecular formula is C69H110O5. The normalized spacial score (nSPS) is 13.4. The van der Waals surface area contributed by atoms with Crippen LogP contribution in [0.2, 0.25) is 0 Å². The van der Waals surface area contributed by atoms with E-state index in [2.05, 4.69) is 172 Å². The van der Waals surface area contributed by atoms with Crippen LogP contribution in [0, 0.1) is 0 Å². The van der Waals surface area contributed by atoms with Crippen LogP contribution in [0.1, 0.15) is 245 Å². The largest absolute Gasteiger partial charge is 0.462 e. The van der Waals surface area contributed by atoms with E-state index in [0.717, 1.165) is 122 Å². The van der Waals surface area contributed by atoms with Gasteiger partial charge in [-0.05, 0) is 122 Å². The summed E-state index contributed by atoms with van der Waals surface area (Å²) >= 11 is 0. The lowest BCUT2D eigenvalue weighted by Gasteiger charge is -2.15. The van der Waals surface area contributed by atoms with Gasteiger partial charge < -0.3 is 14.6 Å². The Bertz CT molecular complexity index is 1620. The number of hydrogen-bond donors (Lipinski definition) is 1. The number of ether oxygens (including phenoxy) is 2. The average molecular weight is 1020 g/mol. The lowest BCUT2D eigenvalue weighted by atomic mass is 10.0. The minimum absolute atomic E-state index is 0.0801. The van der Waals surface area contributed by atoms with Crippen molar-refractivity contribution in [2.75, 3.05) is 13.2 Å². The van der Waals surface area contributed by atoms with E-state index in [4.69, 9.17) is 9.47 Å². The first kappa shape index (κ1) is 69.5. The Labute approximate surface area is 456 Å². The van der Waals surface area contributed by atoms with Crippen LogP contribution in [0.4, 0.5) is 0 Å². The number of carbonyl (C=O) groups excluding carboxylic acids is 2. The first-order chi connectivity index (χ1) is 36.6. The van der Waals surface area contributed by atoms with Crippen LogP contribution in [0.15, 0.2) is 158 Å². The number of unbranched alkanes of at least 4 members (excludes halogenated alkanes) is 19. The van der Waals surface area contributed by atoms with Gasteiger partial charge in [0.25, 0.3) is 0 Å². The van der Waals surface area contributed by atoms with Crippen molar-refractivity contribution in [3.63, 3.8) is 0 Å². The van der Waals surface area contributed by atoms with Gasteiger partial charge in [-0.15, -0.1) is 0 Å². The van der Waals surface area contributed by atoms with Gasteiger partial charge in [0.15, 0.2) is 6.10 Å². The van der Waals surface area contributed by atoms with Crippen LogP contribution in [-0.2, 0) is 19.1 Å². The van der Waals surface area contributed by atoms with E-state index in [0.29, 0.717) is 12.8 Å². The van der Waals surface area contributed by atoms with Crippen molar-refractivity contribution in [3.05, 3.63) is 158 Å². The highest BCUT2D eigenvalue weighted by molar-refractivity contribution is 5.70. The molecule has 1 atom stereocenters. The van der Waals surface area contributed by atoms with E-state index in [1.807, 2.05) is 0 Å². The number of carbonyl (C=O) groups is 2. The van der Waals surface area contributed by atoms with Crippen molar-refractivity contribution in [2.45, 2.75) is 251 Å². The van der Waals surface area contributed by atoms with Gasteiger partial charge in [0.05, 0.1) is 6.61 Å². The number of aliphatic hydroxyl groups is 1. The summed E-state index contributed by atoms with van der Waals surface area (Å²) < 4.78 is 10.7. The van der Waals surface area contributed by atoms with Gasteiger partial charge in [-0.3, -0.25) is 9.59 Å². The maximum Gasteiger partial charge on any atom is 0.306 e. The minimum atomic E-state index is -0.790. The van der Waals surface area contributed by atoms with E-state index in [9.17, 15) is 14.7 Å². The summed E-state index contributed by atoms with van der Waals surface area (Å²) in [5.74, 6) is -0.610. The molecule has 0 heterocycles. The molecule has 0 aliphatic rings. The molecular weight excluding hydrogens is 909 g/mol. The highest BCUT2D eigenvalue weighted by Gasteiger charge is 2.16. The fraction of sp³-hybridized carbons (Fsp3) is 0.594. The molecule has 0 saturated carbocycles. The molecule has 1 unspecified atom stereocenters. The van der Waals surface area contributed by atoms with E-state index >= 15 is 0 Å². The average Bonchev–Trinajstić information content (AvgIpc) is 3.40. The van der Waals surface area contributed by atoms with E-state index in [1.165, 1.54) is 96.3 Å². The van der Waals surface area contributed by atoms with Gasteiger partial charge in [-0.1, -0.05) is 268 Å². The molecule has 5 nitrogen and oxygen atoms in total. The Hall–Kier alpha value is -4.48. The van der Waals surface area contributed by atoms with Gasteiger partial charge in [-0.2, -0.15) is 0 Å². The van der Waals surface area contributed by atoms with Crippen molar-refractivity contribution >= 4 is 11.9 Å². The van der Waals surface area contributed by atoms with Gasteiger partial charge in [0.2, 0.25) is 0 Å². The molecule has 0 aromatic heterocycles. The summed E-state index contributed by atoms with van der Waals surface area (Å²) in [6, 6.07) is 0. The standard InChI is InChI=1S/C69H110O5/c1-3-5-7-9-11-13-15-17-19-21-23-25-27-29-30-31-32-33-34-35-36-37-38-40-42-44-46-48-50-52-54-56-58-60-62-64-69(72)74-67(65-70)66-73-68(71)63-61-59-57-55-53-51-49-47-45-43-41-39-28-26-24-22-20-18-16-14-12-10-8-6-4-2/h5-8,11-14,17-20,23-26,29-30,32-33,35-36,38-41,67,70H,3-4,9-10,15-16,21-22,27-28,31,34,37,42-66H2,1-2H3/b7-5-,8-6-,13-11-,14-12-,19-17-,20-18-,25-23-,26-24-,30-29-,33-32-,36-35-,40-38-,41-39-. The van der Waals surface area contributed by atoms with Crippen molar-refractivity contribution in [3.8, 4) is 0 Å². The molecule has 0 aromatic rings. The molecule has 5 heteroatoms. The second-order valence-electron chi connectivity index (χ2n) is 19.3. The van der Waals surface area contributed by atoms with Gasteiger partial charge in [0.1, 0.15) is 6.61 Å². The topological polar surface area (TPSA) is 72.8 Å². The molecule has 1 N–H and O–H groups in total. The van der Waals surface area contributed by atoms with E-state index in [-0.39, 0.29) is 25.2 Å². The Kier molecular flexibility index (Phi) is 59.0.